The second-order valence-corrected chi connectivity index (χ2v) is 41.2. The van der Waals surface area contributed by atoms with Crippen molar-refractivity contribution in [2.24, 2.45) is 0 Å². The molecule has 8 saturated heterocycles. The normalized spacial score (nSPS) is 37.4. The van der Waals surface area contributed by atoms with Crippen LogP contribution >= 0.6 is 0 Å². The Labute approximate surface area is 876 Å². The molecule has 0 aliphatic carbocycles. The molecule has 874 valence electrons. The molecule has 4 amide bonds. The minimum Gasteiger partial charge on any atom is -0.477 e. The second kappa shape index (κ2) is 67.8. The van der Waals surface area contributed by atoms with Gasteiger partial charge in [-0.25, -0.2) is 4.79 Å². The van der Waals surface area contributed by atoms with Gasteiger partial charge >= 0.3 is 5.97 Å². The highest BCUT2D eigenvalue weighted by Crippen LogP contribution is 2.43. The number of ether oxygens (including phenoxy) is 16. The van der Waals surface area contributed by atoms with Crippen molar-refractivity contribution in [2.75, 3.05) is 52.9 Å². The quantitative estimate of drug-likeness (QED) is 0.0210. The summed E-state index contributed by atoms with van der Waals surface area (Å²) in [7, 11) is 0. The zero-order chi connectivity index (χ0) is 110. The molecule has 0 spiro atoms. The number of carbonyl (C=O) groups excluding carboxylic acids is 4. The van der Waals surface area contributed by atoms with Crippen molar-refractivity contribution in [1.82, 2.24) is 21.3 Å². The van der Waals surface area contributed by atoms with Gasteiger partial charge in [0.15, 0.2) is 44.0 Å². The van der Waals surface area contributed by atoms with Crippen molar-refractivity contribution in [3.8, 4) is 0 Å². The van der Waals surface area contributed by atoms with E-state index in [-0.39, 0.29) is 12.3 Å². The Kier molecular flexibility index (Phi) is 59.1. The molecule has 8 rings (SSSR count). The Morgan fingerprint density at radius 1 is 0.360 bits per heavy atom. The zero-order valence-corrected chi connectivity index (χ0v) is 87.5. The number of aliphatic carboxylic acids is 1. The lowest BCUT2D eigenvalue weighted by molar-refractivity contribution is -0.399. The molecule has 8 heterocycles. The minimum absolute atomic E-state index is 0.140. The monoisotopic (exact) mass is 2170 g/mol. The molecular weight excluding hydrogens is 1990 g/mol. The van der Waals surface area contributed by atoms with Crippen LogP contribution < -0.4 is 21.3 Å². The highest BCUT2D eigenvalue weighted by molar-refractivity contribution is 5.77. The van der Waals surface area contributed by atoms with Crippen LogP contribution in [0.2, 0.25) is 0 Å². The predicted molar refractivity (Wildman–Crippen MR) is 523 cm³/mol. The Balaban J connectivity index is 0.941. The van der Waals surface area contributed by atoms with Gasteiger partial charge in [-0.3, -0.25) is 19.2 Å². The van der Waals surface area contributed by atoms with E-state index >= 15 is 0 Å². The summed E-state index contributed by atoms with van der Waals surface area (Å²) in [6.45, 7) is -0.217. The Morgan fingerprint density at radius 2 is 0.707 bits per heavy atom. The van der Waals surface area contributed by atoms with Crippen LogP contribution in [0.15, 0.2) is 12.2 Å². The summed E-state index contributed by atoms with van der Waals surface area (Å²) in [5.74, 6) is -8.79. The zero-order valence-electron chi connectivity index (χ0n) is 87.5. The van der Waals surface area contributed by atoms with Gasteiger partial charge in [-0.05, 0) is 26.2 Å². The predicted octanol–water partition coefficient (Wildman–Crippen LogP) is -3.28. The first-order valence-corrected chi connectivity index (χ1v) is 54.5. The molecule has 8 aliphatic heterocycles. The number of amides is 4. The molecule has 0 aromatic carbocycles. The fourth-order valence-electron chi connectivity index (χ4n) is 20.5. The molecule has 0 radical (unpaired) electrons. The number of carbonyl (C=O) groups is 5. The molecule has 28 N–H and O–H groups in total. The smallest absolute Gasteiger partial charge is 0.364 e. The number of aliphatic hydroxyl groups is 23. The van der Waals surface area contributed by atoms with Crippen molar-refractivity contribution in [3.05, 3.63) is 12.2 Å². The first-order valence-electron chi connectivity index (χ1n) is 54.5. The SMILES string of the molecule is CCCCCCCCCCCCC/C=C/[C@@H](O)[C@H](CO[C@@H]1OC(CO)[C@@H](O[C@@H]2OC(CO)[C@H](O)[C@H](O[C@@H]3OC(CO)[C@@H](O[C@@H]4OC(CO)[C@H](O)[C@H](O[C@@H]5OC(CO)[C@@H](O[C@H]6OC(C)[C@@H](O)C(O)[C@@H]6O)[C@H](O[C@@H]6OC(CO)[C@H](O)[C@H](O[C@]7(C(=O)O)CC(O)[C@@H](NC(C)=O)C([C@H](O)[C@H](O)CO)O7)C6O)C5NC(C)=O)C4O)[C@H](O)C3NC(C)=O)C2O)[C@H](O)C1O)NC(=O)CCCCCCCCCCCCCCCCCCCCCCCCC. The summed E-state index contributed by atoms with van der Waals surface area (Å²) in [5, 5.41) is 283. The molecule has 0 bridgehead atoms. The van der Waals surface area contributed by atoms with E-state index in [1.54, 1.807) is 6.08 Å². The van der Waals surface area contributed by atoms with Crippen molar-refractivity contribution >= 4 is 29.6 Å². The molecule has 16 unspecified atom stereocenters. The van der Waals surface area contributed by atoms with Gasteiger partial charge in [-0.15, -0.1) is 0 Å². The van der Waals surface area contributed by atoms with Crippen molar-refractivity contribution < 1.29 is 222 Å². The number of carboxylic acid groups (broad SMARTS) is 1. The number of hydrogen-bond donors (Lipinski definition) is 28. The molecule has 0 aromatic heterocycles. The first-order chi connectivity index (χ1) is 71.8. The average Bonchev–Trinajstić information content (AvgIpc) is 0.733. The van der Waals surface area contributed by atoms with Gasteiger partial charge in [0.05, 0.1) is 83.3 Å². The van der Waals surface area contributed by atoms with Crippen LogP contribution in [-0.2, 0) is 99.8 Å². The third-order valence-electron chi connectivity index (χ3n) is 29.3. The van der Waals surface area contributed by atoms with Crippen LogP contribution in [0.1, 0.15) is 279 Å². The Bertz CT molecular complexity index is 3780. The number of aliphatic hydroxyl groups excluding tert-OH is 23. The Morgan fingerprint density at radius 3 is 1.13 bits per heavy atom. The Hall–Kier alpha value is -4.47. The van der Waals surface area contributed by atoms with E-state index in [0.717, 1.165) is 78.6 Å². The van der Waals surface area contributed by atoms with Crippen molar-refractivity contribution in [1.29, 1.82) is 0 Å². The summed E-state index contributed by atoms with van der Waals surface area (Å²) in [6, 6.07) is -7.00. The van der Waals surface area contributed by atoms with E-state index in [0.29, 0.717) is 12.8 Å². The van der Waals surface area contributed by atoms with Gasteiger partial charge in [-0.1, -0.05) is 231 Å². The lowest BCUT2D eigenvalue weighted by Crippen LogP contribution is -2.72. The summed E-state index contributed by atoms with van der Waals surface area (Å²) in [4.78, 5) is 66.6. The van der Waals surface area contributed by atoms with Crippen LogP contribution in [-0.4, -0.2) is 468 Å². The van der Waals surface area contributed by atoms with E-state index < -0.39 is 346 Å². The standard InChI is InChI=1S/C101H180N4O45/c1-7-9-11-13-15-17-19-21-22-23-24-25-26-27-28-29-30-32-34-36-38-40-42-44-68(119)105-58(59(116)43-41-39-37-35-33-31-20-18-16-14-12-10-8-2)53-135-95-81(129)79(127)86(66(51-111)142-95)144-98-82(130)90(74(122)62(47-107)138-98)147-93-70(103-56(5)114)77(125)85(65(50-110)140-93)143-97-83(131)91(75(123)63(48-108)137-97)148-94-71(104-57(6)115)89(87(67(52-112)141-94)145-96-80(128)78(126)72(120)54(3)136-96)146-99-84(132)92(76(124)64(49-109)139-99)150-101(100(133)134)45-60(117)69(102-55(4)113)88(149-101)73(121)61(118)46-106/h41,43,54,58-67,69-99,106-112,116-118,120-132H,7-40,42,44-53H2,1-6H3,(H,102,113)(H,103,114)(H,104,115)(H,105,119)(H,133,134)/b43-41+/t54?,58-,59+,60?,61+,62?,63?,64?,65?,66?,67?,69+,70?,71?,72+,73+,74-,75-,76-,77+,78?,79+,80-,81?,82?,83?,84?,85+,86+,87+,88?,89+,90-,91-,92-,93-,94-,95+,96+,97-,98-,99-,101-/m0/s1. The fraction of sp³-hybridized carbons (Fsp3) is 0.931. The summed E-state index contributed by atoms with van der Waals surface area (Å²) in [6.07, 6.45) is -36.6. The first kappa shape index (κ1) is 131. The molecule has 8 fully saturated rings. The lowest BCUT2D eigenvalue weighted by Gasteiger charge is -2.52. The molecule has 0 aromatic rings. The number of hydrogen-bond acceptors (Lipinski definition) is 44. The maximum atomic E-state index is 13.7. The fourth-order valence-corrected chi connectivity index (χ4v) is 20.5. The minimum atomic E-state index is -3.36. The number of unbranched alkanes of at least 4 members (excludes halogenated alkanes) is 33. The van der Waals surface area contributed by atoms with Gasteiger partial charge in [0.25, 0.3) is 5.79 Å². The van der Waals surface area contributed by atoms with E-state index in [1.165, 1.54) is 161 Å². The third-order valence-corrected chi connectivity index (χ3v) is 29.3. The van der Waals surface area contributed by atoms with Gasteiger partial charge in [0.2, 0.25) is 23.6 Å². The highest BCUT2D eigenvalue weighted by atomic mass is 16.8. The third kappa shape index (κ3) is 38.4. The second-order valence-electron chi connectivity index (χ2n) is 41.2. The van der Waals surface area contributed by atoms with Crippen molar-refractivity contribution in [2.45, 2.75) is 542 Å². The summed E-state index contributed by atoms with van der Waals surface area (Å²) < 4.78 is 96.7. The molecule has 8 aliphatic rings. The van der Waals surface area contributed by atoms with Gasteiger partial charge in [0, 0.05) is 33.6 Å². The highest BCUT2D eigenvalue weighted by Gasteiger charge is 2.64. The van der Waals surface area contributed by atoms with Gasteiger partial charge < -0.3 is 220 Å². The maximum Gasteiger partial charge on any atom is 0.364 e. The number of carboxylic acids is 1. The molecular formula is C101H180N4O45. The maximum absolute atomic E-state index is 13.7. The molecule has 43 atom stereocenters. The van der Waals surface area contributed by atoms with Crippen LogP contribution in [0, 0.1) is 0 Å². The van der Waals surface area contributed by atoms with Crippen LogP contribution in [0.4, 0.5) is 0 Å². The topological polar surface area (TPSA) is 767 Å². The van der Waals surface area contributed by atoms with E-state index in [1.807, 2.05) is 6.08 Å². The summed E-state index contributed by atoms with van der Waals surface area (Å²) >= 11 is 0. The average molecular weight is 2170 g/mol. The van der Waals surface area contributed by atoms with Crippen molar-refractivity contribution in [3.63, 3.8) is 0 Å². The number of allylic oxidation sites excluding steroid dienone is 1. The largest absolute Gasteiger partial charge is 0.477 e. The number of nitrogens with one attached hydrogen (secondary N) is 4. The van der Waals surface area contributed by atoms with Crippen LogP contribution in [0.3, 0.4) is 0 Å². The van der Waals surface area contributed by atoms with Gasteiger partial charge in [0.1, 0.15) is 183 Å². The van der Waals surface area contributed by atoms with Gasteiger partial charge in [-0.2, -0.15) is 0 Å². The molecule has 0 saturated carbocycles. The van der Waals surface area contributed by atoms with E-state index in [4.69, 9.17) is 75.8 Å². The molecule has 49 heteroatoms. The van der Waals surface area contributed by atoms with E-state index in [2.05, 4.69) is 35.1 Å². The molecule has 150 heavy (non-hydrogen) atoms. The number of rotatable bonds is 69. The molecule has 49 nitrogen and oxygen atoms in total. The van der Waals surface area contributed by atoms with Crippen LogP contribution in [0.5, 0.6) is 0 Å². The lowest BCUT2D eigenvalue weighted by atomic mass is 9.88. The van der Waals surface area contributed by atoms with Crippen LogP contribution in [0.25, 0.3) is 0 Å². The summed E-state index contributed by atoms with van der Waals surface area (Å²) in [5.41, 5.74) is 0. The van der Waals surface area contributed by atoms with E-state index in [9.17, 15) is 147 Å².